The molecule has 6 nitrogen and oxygen atoms in total. The number of aliphatic hydroxyl groups is 1. The van der Waals surface area contributed by atoms with Gasteiger partial charge in [-0.3, -0.25) is 0 Å². The van der Waals surface area contributed by atoms with E-state index in [4.69, 9.17) is 4.74 Å². The van der Waals surface area contributed by atoms with E-state index in [1.54, 1.807) is 18.2 Å². The van der Waals surface area contributed by atoms with E-state index in [2.05, 4.69) is 4.74 Å². The Hall–Kier alpha value is -2.21. The zero-order chi connectivity index (χ0) is 12.4. The van der Waals surface area contributed by atoms with Crippen molar-refractivity contribution in [3.8, 4) is 0 Å². The number of benzene rings is 1. The van der Waals surface area contributed by atoms with Gasteiger partial charge in [-0.05, 0) is 12.1 Å². The molecule has 0 radical (unpaired) electrons. The molecule has 2 rings (SSSR count). The van der Waals surface area contributed by atoms with E-state index < -0.39 is 30.1 Å². The van der Waals surface area contributed by atoms with Crippen molar-refractivity contribution in [2.24, 2.45) is 0 Å². The number of ether oxygens (including phenoxy) is 2. The average Bonchev–Trinajstić information content (AvgIpc) is 2.57. The number of hydrogen-bond donors (Lipinski definition) is 1. The summed E-state index contributed by atoms with van der Waals surface area (Å²) in [7, 11) is 0. The van der Waals surface area contributed by atoms with E-state index in [0.29, 0.717) is 0 Å². The summed E-state index contributed by atoms with van der Waals surface area (Å²) in [5, 5.41) is 9.25. The van der Waals surface area contributed by atoms with Gasteiger partial charge in [-0.1, -0.05) is 18.2 Å². The first-order chi connectivity index (χ1) is 8.09. The molecule has 1 aromatic rings. The first kappa shape index (κ1) is 11.3. The van der Waals surface area contributed by atoms with Crippen molar-refractivity contribution in [1.82, 2.24) is 0 Å². The monoisotopic (exact) mass is 236 g/mol. The zero-order valence-electron chi connectivity index (χ0n) is 8.53. The zero-order valence-corrected chi connectivity index (χ0v) is 8.53. The van der Waals surface area contributed by atoms with Crippen LogP contribution in [0.2, 0.25) is 0 Å². The van der Waals surface area contributed by atoms with E-state index >= 15 is 0 Å². The fourth-order valence-electron chi connectivity index (χ4n) is 1.34. The summed E-state index contributed by atoms with van der Waals surface area (Å²) in [5.41, 5.74) is 0.215. The minimum absolute atomic E-state index is 0.215. The largest absolute Gasteiger partial charge is 0.443 e. The second kappa shape index (κ2) is 4.34. The van der Waals surface area contributed by atoms with E-state index in [1.807, 2.05) is 0 Å². The van der Waals surface area contributed by atoms with Crippen molar-refractivity contribution in [1.29, 1.82) is 0 Å². The number of carbonyl (C=O) groups is 3. The van der Waals surface area contributed by atoms with Crippen molar-refractivity contribution < 1.29 is 29.0 Å². The third-order valence-electron chi connectivity index (χ3n) is 2.21. The second-order valence-corrected chi connectivity index (χ2v) is 3.38. The molecule has 0 saturated carbocycles. The van der Waals surface area contributed by atoms with Gasteiger partial charge >= 0.3 is 17.9 Å². The van der Waals surface area contributed by atoms with Gasteiger partial charge in [-0.15, -0.1) is 0 Å². The predicted molar refractivity (Wildman–Crippen MR) is 52.8 cm³/mol. The van der Waals surface area contributed by atoms with Crippen molar-refractivity contribution in [3.05, 3.63) is 35.9 Å². The maximum atomic E-state index is 11.5. The molecule has 1 aromatic carbocycles. The van der Waals surface area contributed by atoms with Crippen LogP contribution in [-0.4, -0.2) is 35.2 Å². The van der Waals surface area contributed by atoms with Gasteiger partial charge in [-0.25, -0.2) is 14.4 Å². The van der Waals surface area contributed by atoms with Crippen LogP contribution in [0.25, 0.3) is 0 Å². The van der Waals surface area contributed by atoms with Crippen LogP contribution in [-0.2, 0) is 19.1 Å². The van der Waals surface area contributed by atoms with Crippen LogP contribution in [0.3, 0.4) is 0 Å². The molecule has 0 aliphatic carbocycles. The molecule has 0 amide bonds. The van der Waals surface area contributed by atoms with Crippen LogP contribution < -0.4 is 0 Å². The van der Waals surface area contributed by atoms with Gasteiger partial charge in [0.15, 0.2) is 0 Å². The summed E-state index contributed by atoms with van der Waals surface area (Å²) in [6, 6.07) is 7.91. The summed E-state index contributed by atoms with van der Waals surface area (Å²) in [5.74, 6) is -2.98. The highest BCUT2D eigenvalue weighted by molar-refractivity contribution is 6.01. The summed E-state index contributed by atoms with van der Waals surface area (Å²) < 4.78 is 8.83. The summed E-state index contributed by atoms with van der Waals surface area (Å²) in [6.07, 6.45) is -3.34. The molecule has 0 aromatic heterocycles. The average molecular weight is 236 g/mol. The Morgan fingerprint density at radius 1 is 1.18 bits per heavy atom. The molecule has 1 aliphatic heterocycles. The lowest BCUT2D eigenvalue weighted by Crippen LogP contribution is -2.33. The number of carbonyl (C=O) groups excluding carboxylic acids is 3. The van der Waals surface area contributed by atoms with Gasteiger partial charge in [0.05, 0.1) is 5.56 Å². The first-order valence-electron chi connectivity index (χ1n) is 4.79. The molecule has 1 saturated heterocycles. The third kappa shape index (κ3) is 2.16. The van der Waals surface area contributed by atoms with Gasteiger partial charge in [0.25, 0.3) is 0 Å². The van der Waals surface area contributed by atoms with Crippen molar-refractivity contribution >= 4 is 17.9 Å². The number of cyclic esters (lactones) is 2. The lowest BCUT2D eigenvalue weighted by molar-refractivity contribution is -0.155. The Bertz CT molecular complexity index is 466. The molecule has 1 heterocycles. The van der Waals surface area contributed by atoms with Gasteiger partial charge in [-0.2, -0.15) is 0 Å². The molecule has 88 valence electrons. The van der Waals surface area contributed by atoms with E-state index in [-0.39, 0.29) is 5.56 Å². The topological polar surface area (TPSA) is 89.9 Å². The molecule has 6 heteroatoms. The molecule has 2 atom stereocenters. The lowest BCUT2D eigenvalue weighted by atomic mass is 10.2. The van der Waals surface area contributed by atoms with Crippen LogP contribution in [0, 0.1) is 0 Å². The Balaban J connectivity index is 2.10. The highest BCUT2D eigenvalue weighted by atomic mass is 16.6. The number of rotatable bonds is 2. The van der Waals surface area contributed by atoms with Crippen molar-refractivity contribution in [2.75, 3.05) is 0 Å². The molecule has 0 bridgehead atoms. The fourth-order valence-corrected chi connectivity index (χ4v) is 1.34. The molecule has 17 heavy (non-hydrogen) atoms. The van der Waals surface area contributed by atoms with Crippen molar-refractivity contribution in [3.63, 3.8) is 0 Å². The van der Waals surface area contributed by atoms with Crippen LogP contribution in [0.1, 0.15) is 10.4 Å². The Morgan fingerprint density at radius 2 is 1.82 bits per heavy atom. The van der Waals surface area contributed by atoms with Gasteiger partial charge in [0, 0.05) is 0 Å². The number of aliphatic hydroxyl groups excluding tert-OH is 1. The minimum atomic E-state index is -1.75. The minimum Gasteiger partial charge on any atom is -0.443 e. The summed E-state index contributed by atoms with van der Waals surface area (Å²) >= 11 is 0. The van der Waals surface area contributed by atoms with Crippen LogP contribution in [0.5, 0.6) is 0 Å². The Morgan fingerprint density at radius 3 is 2.35 bits per heavy atom. The van der Waals surface area contributed by atoms with Crippen LogP contribution in [0.4, 0.5) is 0 Å². The predicted octanol–water partition coefficient (Wildman–Crippen LogP) is -0.344. The van der Waals surface area contributed by atoms with E-state index in [0.717, 1.165) is 0 Å². The smallest absolute Gasteiger partial charge is 0.358 e. The maximum Gasteiger partial charge on any atom is 0.358 e. The van der Waals surface area contributed by atoms with Gasteiger partial charge < -0.3 is 14.6 Å². The summed E-state index contributed by atoms with van der Waals surface area (Å²) in [6.45, 7) is 0. The normalized spacial score (nSPS) is 23.4. The quantitative estimate of drug-likeness (QED) is 0.558. The molecule has 1 aliphatic rings. The van der Waals surface area contributed by atoms with Crippen LogP contribution >= 0.6 is 0 Å². The lowest BCUT2D eigenvalue weighted by Gasteiger charge is -2.10. The standard InChI is InChI=1S/C11H8O6/c12-7-8(11(15)17-10(7)14)16-9(13)6-4-2-1-3-5-6/h1-5,7-8,12H/t7-,8-/m1/s1. The van der Waals surface area contributed by atoms with Gasteiger partial charge in [0.1, 0.15) is 0 Å². The Kier molecular flexibility index (Phi) is 2.88. The third-order valence-corrected chi connectivity index (χ3v) is 2.21. The van der Waals surface area contributed by atoms with Gasteiger partial charge in [0.2, 0.25) is 12.2 Å². The number of hydrogen-bond acceptors (Lipinski definition) is 6. The fraction of sp³-hybridized carbons (Fsp3) is 0.182. The second-order valence-electron chi connectivity index (χ2n) is 3.38. The Labute approximate surface area is 95.8 Å². The number of esters is 3. The van der Waals surface area contributed by atoms with E-state index in [9.17, 15) is 19.5 Å². The molecule has 1 fully saturated rings. The van der Waals surface area contributed by atoms with Crippen molar-refractivity contribution in [2.45, 2.75) is 12.2 Å². The highest BCUT2D eigenvalue weighted by Crippen LogP contribution is 2.15. The van der Waals surface area contributed by atoms with E-state index in [1.165, 1.54) is 12.1 Å². The SMILES string of the molecule is O=C(O[C@H]1C(=O)OC(=O)[C@@H]1O)c1ccccc1. The molecule has 0 unspecified atom stereocenters. The van der Waals surface area contributed by atoms with Crippen LogP contribution in [0.15, 0.2) is 30.3 Å². The molecule has 1 N–H and O–H groups in total. The molecular weight excluding hydrogens is 228 g/mol. The first-order valence-corrected chi connectivity index (χ1v) is 4.79. The summed E-state index contributed by atoms with van der Waals surface area (Å²) in [4.78, 5) is 33.5. The molecular formula is C11H8O6. The molecule has 0 spiro atoms. The maximum absolute atomic E-state index is 11.5. The highest BCUT2D eigenvalue weighted by Gasteiger charge is 2.46.